The number of nitrogens with two attached hydrogens (primary N) is 1. The number of amides is 1. The number of aryl methyl sites for hydroxylation is 1. The quantitative estimate of drug-likeness (QED) is 0.708. The van der Waals surface area contributed by atoms with E-state index in [0.717, 1.165) is 5.56 Å². The molecule has 1 aliphatic rings. The minimum absolute atomic E-state index is 0.0578. The van der Waals surface area contributed by atoms with Gasteiger partial charge in [-0.25, -0.2) is 18.4 Å². The van der Waals surface area contributed by atoms with Gasteiger partial charge in [-0.3, -0.25) is 4.79 Å². The lowest BCUT2D eigenvalue weighted by atomic mass is 9.96. The second-order valence-electron chi connectivity index (χ2n) is 7.32. The van der Waals surface area contributed by atoms with Crippen LogP contribution in [0.15, 0.2) is 58.5 Å². The second kappa shape index (κ2) is 7.44. The zero-order chi connectivity index (χ0) is 20.6. The number of carbonyl (C=O) groups is 1. The van der Waals surface area contributed by atoms with Crippen LogP contribution in [0.5, 0.6) is 0 Å². The molecule has 1 saturated heterocycles. The summed E-state index contributed by atoms with van der Waals surface area (Å²) in [6, 6.07) is 13.9. The minimum Gasteiger partial charge on any atom is -0.369 e. The van der Waals surface area contributed by atoms with Gasteiger partial charge in [-0.1, -0.05) is 29.8 Å². The molecule has 3 aromatic rings. The number of nitrogens with zero attached hydrogens (tertiary/aromatic N) is 3. The lowest BCUT2D eigenvalue weighted by molar-refractivity contribution is -0.122. The van der Waals surface area contributed by atoms with Crippen molar-refractivity contribution in [3.63, 3.8) is 0 Å². The SMILES string of the molecule is Cc1ccc(S(=O)(=O)c2nc3ccccc3nc2N2CCC(C(N)=O)CC2)cc1. The molecule has 2 N–H and O–H groups in total. The average molecular weight is 410 g/mol. The highest BCUT2D eigenvalue weighted by Crippen LogP contribution is 2.32. The number of primary amides is 1. The number of hydrogen-bond donors (Lipinski definition) is 1. The van der Waals surface area contributed by atoms with Crippen molar-refractivity contribution in [1.29, 1.82) is 0 Å². The molecule has 0 aliphatic carbocycles. The van der Waals surface area contributed by atoms with E-state index in [-0.39, 0.29) is 21.7 Å². The van der Waals surface area contributed by atoms with Gasteiger partial charge in [0.2, 0.25) is 20.8 Å². The normalized spacial score (nSPS) is 15.6. The second-order valence-corrected chi connectivity index (χ2v) is 9.19. The van der Waals surface area contributed by atoms with Crippen LogP contribution in [0.3, 0.4) is 0 Å². The predicted molar refractivity (Wildman–Crippen MR) is 110 cm³/mol. The fraction of sp³-hybridized carbons (Fsp3) is 0.286. The Hall–Kier alpha value is -3.00. The Morgan fingerprint density at radius 1 is 1.00 bits per heavy atom. The molecule has 1 aliphatic heterocycles. The number of fused-ring (bicyclic) bond motifs is 1. The van der Waals surface area contributed by atoms with Gasteiger partial charge in [-0.15, -0.1) is 0 Å². The molecule has 8 heteroatoms. The highest BCUT2D eigenvalue weighted by Gasteiger charge is 2.31. The first-order chi connectivity index (χ1) is 13.9. The van der Waals surface area contributed by atoms with E-state index in [1.54, 1.807) is 36.4 Å². The standard InChI is InChI=1S/C21H22N4O3S/c1-14-6-8-16(9-7-14)29(27,28)21-20(23-17-4-2-3-5-18(17)24-21)25-12-10-15(11-13-25)19(22)26/h2-9,15H,10-13H2,1H3,(H2,22,26). The molecular weight excluding hydrogens is 388 g/mol. The number of anilines is 1. The molecule has 2 heterocycles. The maximum atomic E-state index is 13.4. The Kier molecular flexibility index (Phi) is 4.96. The van der Waals surface area contributed by atoms with Crippen molar-refractivity contribution in [2.45, 2.75) is 29.7 Å². The van der Waals surface area contributed by atoms with Crippen molar-refractivity contribution in [3.05, 3.63) is 54.1 Å². The summed E-state index contributed by atoms with van der Waals surface area (Å²) in [6.45, 7) is 2.90. The number of sulfone groups is 1. The zero-order valence-corrected chi connectivity index (χ0v) is 16.9. The van der Waals surface area contributed by atoms with Crippen molar-refractivity contribution in [3.8, 4) is 0 Å². The van der Waals surface area contributed by atoms with E-state index < -0.39 is 9.84 Å². The summed E-state index contributed by atoms with van der Waals surface area (Å²) >= 11 is 0. The topological polar surface area (TPSA) is 106 Å². The van der Waals surface area contributed by atoms with Crippen LogP contribution in [0, 0.1) is 12.8 Å². The first-order valence-corrected chi connectivity index (χ1v) is 11.0. The van der Waals surface area contributed by atoms with Gasteiger partial charge in [-0.2, -0.15) is 0 Å². The van der Waals surface area contributed by atoms with E-state index >= 15 is 0 Å². The Morgan fingerprint density at radius 3 is 2.17 bits per heavy atom. The molecule has 2 aromatic carbocycles. The highest BCUT2D eigenvalue weighted by atomic mass is 32.2. The summed E-state index contributed by atoms with van der Waals surface area (Å²) in [4.78, 5) is 22.7. The number of rotatable bonds is 4. The third kappa shape index (κ3) is 3.67. The minimum atomic E-state index is -3.86. The van der Waals surface area contributed by atoms with Crippen LogP contribution < -0.4 is 10.6 Å². The van der Waals surface area contributed by atoms with Gasteiger partial charge in [0.05, 0.1) is 15.9 Å². The summed E-state index contributed by atoms with van der Waals surface area (Å²) in [5.74, 6) is -0.189. The molecule has 0 spiro atoms. The van der Waals surface area contributed by atoms with E-state index in [1.165, 1.54) is 0 Å². The molecule has 0 saturated carbocycles. The van der Waals surface area contributed by atoms with Crippen molar-refractivity contribution < 1.29 is 13.2 Å². The van der Waals surface area contributed by atoms with E-state index in [2.05, 4.69) is 9.97 Å². The summed E-state index contributed by atoms with van der Waals surface area (Å²) in [7, 11) is -3.86. The van der Waals surface area contributed by atoms with Gasteiger partial charge < -0.3 is 10.6 Å². The third-order valence-electron chi connectivity index (χ3n) is 5.30. The summed E-state index contributed by atoms with van der Waals surface area (Å²) in [5, 5.41) is -0.0578. The molecule has 29 heavy (non-hydrogen) atoms. The van der Waals surface area contributed by atoms with Crippen molar-refractivity contribution >= 4 is 32.6 Å². The number of benzene rings is 2. The summed E-state index contributed by atoms with van der Waals surface area (Å²) in [6.07, 6.45) is 1.13. The van der Waals surface area contributed by atoms with E-state index in [9.17, 15) is 13.2 Å². The highest BCUT2D eigenvalue weighted by molar-refractivity contribution is 7.91. The molecule has 1 aromatic heterocycles. The lowest BCUT2D eigenvalue weighted by Crippen LogP contribution is -2.39. The molecule has 7 nitrogen and oxygen atoms in total. The third-order valence-corrected chi connectivity index (χ3v) is 6.98. The van der Waals surface area contributed by atoms with E-state index in [1.807, 2.05) is 24.0 Å². The van der Waals surface area contributed by atoms with Crippen LogP contribution in [0.25, 0.3) is 11.0 Å². The van der Waals surface area contributed by atoms with E-state index in [4.69, 9.17) is 5.73 Å². The Balaban J connectivity index is 1.83. The van der Waals surface area contributed by atoms with Gasteiger partial charge in [0.15, 0.2) is 5.82 Å². The molecule has 0 radical (unpaired) electrons. The largest absolute Gasteiger partial charge is 0.369 e. The maximum Gasteiger partial charge on any atom is 0.227 e. The molecule has 4 rings (SSSR count). The smallest absolute Gasteiger partial charge is 0.227 e. The van der Waals surface area contributed by atoms with Gasteiger partial charge in [0.25, 0.3) is 0 Å². The van der Waals surface area contributed by atoms with Crippen molar-refractivity contribution in [2.75, 3.05) is 18.0 Å². The van der Waals surface area contributed by atoms with Gasteiger partial charge >= 0.3 is 0 Å². The number of aromatic nitrogens is 2. The van der Waals surface area contributed by atoms with Gasteiger partial charge in [-0.05, 0) is 44.0 Å². The number of carbonyl (C=O) groups excluding carboxylic acids is 1. The van der Waals surface area contributed by atoms with Gasteiger partial charge in [0, 0.05) is 19.0 Å². The first-order valence-electron chi connectivity index (χ1n) is 9.49. The van der Waals surface area contributed by atoms with Crippen LogP contribution >= 0.6 is 0 Å². The fourth-order valence-electron chi connectivity index (χ4n) is 3.57. The average Bonchev–Trinajstić information content (AvgIpc) is 2.73. The fourth-order valence-corrected chi connectivity index (χ4v) is 4.92. The molecule has 0 atom stereocenters. The first kappa shape index (κ1) is 19.3. The Morgan fingerprint density at radius 2 is 1.59 bits per heavy atom. The van der Waals surface area contributed by atoms with Crippen LogP contribution in [-0.4, -0.2) is 37.4 Å². The molecular formula is C21H22N4O3S. The molecule has 0 bridgehead atoms. The molecule has 1 fully saturated rings. The van der Waals surface area contributed by atoms with E-state index in [0.29, 0.717) is 42.8 Å². The summed E-state index contributed by atoms with van der Waals surface area (Å²) < 4.78 is 26.8. The molecule has 1 amide bonds. The van der Waals surface area contributed by atoms with Crippen LogP contribution in [0.4, 0.5) is 5.82 Å². The Labute approximate surface area is 169 Å². The number of para-hydroxylation sites is 2. The monoisotopic (exact) mass is 410 g/mol. The van der Waals surface area contributed by atoms with Crippen molar-refractivity contribution in [1.82, 2.24) is 9.97 Å². The lowest BCUT2D eigenvalue weighted by Gasteiger charge is -2.32. The Bertz CT molecular complexity index is 1170. The predicted octanol–water partition coefficient (Wildman–Crippen LogP) is 2.47. The van der Waals surface area contributed by atoms with Gasteiger partial charge in [0.1, 0.15) is 0 Å². The molecule has 0 unspecified atom stereocenters. The number of hydrogen-bond acceptors (Lipinski definition) is 6. The number of piperidine rings is 1. The van der Waals surface area contributed by atoms with Crippen LogP contribution in [0.2, 0.25) is 0 Å². The van der Waals surface area contributed by atoms with Crippen LogP contribution in [0.1, 0.15) is 18.4 Å². The summed E-state index contributed by atoms with van der Waals surface area (Å²) in [5.41, 5.74) is 7.56. The maximum absolute atomic E-state index is 13.4. The molecule has 150 valence electrons. The zero-order valence-electron chi connectivity index (χ0n) is 16.1. The van der Waals surface area contributed by atoms with Crippen LogP contribution in [-0.2, 0) is 14.6 Å². The van der Waals surface area contributed by atoms with Crippen molar-refractivity contribution in [2.24, 2.45) is 11.7 Å².